The first kappa shape index (κ1) is 16.5. The second kappa shape index (κ2) is 6.72. The van der Waals surface area contributed by atoms with E-state index in [4.69, 9.17) is 4.98 Å². The monoisotopic (exact) mass is 362 g/mol. The van der Waals surface area contributed by atoms with Gasteiger partial charge in [-0.05, 0) is 23.6 Å². The number of benzene rings is 1. The lowest BCUT2D eigenvalue weighted by Crippen LogP contribution is -2.26. The van der Waals surface area contributed by atoms with Gasteiger partial charge in [-0.2, -0.15) is 5.10 Å². The molecule has 0 saturated heterocycles. The summed E-state index contributed by atoms with van der Waals surface area (Å²) in [5.74, 6) is -0.0229. The Labute approximate surface area is 155 Å². The Morgan fingerprint density at radius 2 is 2.08 bits per heavy atom. The van der Waals surface area contributed by atoms with Crippen molar-refractivity contribution >= 4 is 28.1 Å². The van der Waals surface area contributed by atoms with Crippen molar-refractivity contribution in [2.75, 3.05) is 7.05 Å². The molecular weight excluding hydrogens is 344 g/mol. The first-order chi connectivity index (χ1) is 12.6. The molecule has 0 radical (unpaired) electrons. The summed E-state index contributed by atoms with van der Waals surface area (Å²) in [6.45, 7) is 0.512. The minimum atomic E-state index is -0.0229. The van der Waals surface area contributed by atoms with Crippen molar-refractivity contribution in [2.45, 2.75) is 6.54 Å². The van der Waals surface area contributed by atoms with Gasteiger partial charge in [0.2, 0.25) is 0 Å². The van der Waals surface area contributed by atoms with Crippen LogP contribution in [0.25, 0.3) is 21.5 Å². The van der Waals surface area contributed by atoms with Crippen LogP contribution in [0.2, 0.25) is 0 Å². The van der Waals surface area contributed by atoms with Crippen LogP contribution in [0.4, 0.5) is 0 Å². The smallest absolute Gasteiger partial charge is 0.254 e. The molecule has 3 aromatic heterocycles. The van der Waals surface area contributed by atoms with Crippen molar-refractivity contribution in [2.24, 2.45) is 7.05 Å². The number of carbonyl (C=O) groups excluding carboxylic acids is 1. The van der Waals surface area contributed by atoms with Gasteiger partial charge in [0.1, 0.15) is 0 Å². The van der Waals surface area contributed by atoms with E-state index in [1.54, 1.807) is 27.1 Å². The van der Waals surface area contributed by atoms with E-state index < -0.39 is 0 Å². The molecule has 0 bridgehead atoms. The Morgan fingerprint density at radius 1 is 1.23 bits per heavy atom. The SMILES string of the molecule is CN(Cc1cnn(C)c1)C(=O)c1cc(-c2cccs2)nc2ccccc12. The molecule has 0 fully saturated rings. The lowest BCUT2D eigenvalue weighted by Gasteiger charge is -2.18. The highest BCUT2D eigenvalue weighted by Crippen LogP contribution is 2.28. The van der Waals surface area contributed by atoms with Gasteiger partial charge < -0.3 is 4.90 Å². The molecule has 6 heteroatoms. The van der Waals surface area contributed by atoms with Gasteiger partial charge >= 0.3 is 0 Å². The van der Waals surface area contributed by atoms with Crippen molar-refractivity contribution in [1.29, 1.82) is 0 Å². The highest BCUT2D eigenvalue weighted by Gasteiger charge is 2.18. The van der Waals surface area contributed by atoms with Crippen LogP contribution >= 0.6 is 11.3 Å². The number of fused-ring (bicyclic) bond motifs is 1. The second-order valence-corrected chi connectivity index (χ2v) is 7.18. The predicted octanol–water partition coefficient (Wildman–Crippen LogP) is 3.97. The maximum absolute atomic E-state index is 13.2. The Hall–Kier alpha value is -2.99. The highest BCUT2D eigenvalue weighted by atomic mass is 32.1. The van der Waals surface area contributed by atoms with Crippen LogP contribution in [-0.4, -0.2) is 32.6 Å². The number of hydrogen-bond donors (Lipinski definition) is 0. The van der Waals surface area contributed by atoms with E-state index in [1.807, 2.05) is 68.1 Å². The average molecular weight is 362 g/mol. The number of amides is 1. The molecule has 3 heterocycles. The fourth-order valence-corrected chi connectivity index (χ4v) is 3.69. The van der Waals surface area contributed by atoms with Crippen molar-refractivity contribution < 1.29 is 4.79 Å². The number of carbonyl (C=O) groups is 1. The van der Waals surface area contributed by atoms with Crippen molar-refractivity contribution in [3.63, 3.8) is 0 Å². The molecule has 0 saturated carbocycles. The van der Waals surface area contributed by atoms with Crippen molar-refractivity contribution in [1.82, 2.24) is 19.7 Å². The van der Waals surface area contributed by atoms with Crippen LogP contribution in [0.15, 0.2) is 60.2 Å². The zero-order chi connectivity index (χ0) is 18.1. The summed E-state index contributed by atoms with van der Waals surface area (Å²) in [4.78, 5) is 20.7. The number of aryl methyl sites for hydroxylation is 1. The van der Waals surface area contributed by atoms with E-state index in [1.165, 1.54) is 0 Å². The Morgan fingerprint density at radius 3 is 2.81 bits per heavy atom. The first-order valence-electron chi connectivity index (χ1n) is 8.28. The first-order valence-corrected chi connectivity index (χ1v) is 9.16. The van der Waals surface area contributed by atoms with Gasteiger partial charge in [-0.3, -0.25) is 9.48 Å². The maximum atomic E-state index is 13.2. The molecule has 0 aliphatic heterocycles. The molecule has 0 N–H and O–H groups in total. The number of nitrogens with zero attached hydrogens (tertiary/aromatic N) is 4. The van der Waals surface area contributed by atoms with Crippen LogP contribution in [0.1, 0.15) is 15.9 Å². The second-order valence-electron chi connectivity index (χ2n) is 6.23. The maximum Gasteiger partial charge on any atom is 0.254 e. The van der Waals surface area contributed by atoms with E-state index in [9.17, 15) is 4.79 Å². The summed E-state index contributed by atoms with van der Waals surface area (Å²) in [5.41, 5.74) is 3.33. The van der Waals surface area contributed by atoms with Gasteiger partial charge in [-0.15, -0.1) is 11.3 Å². The van der Waals surface area contributed by atoms with Crippen LogP contribution in [0.5, 0.6) is 0 Å². The van der Waals surface area contributed by atoms with E-state index in [0.717, 1.165) is 27.0 Å². The third kappa shape index (κ3) is 3.11. The van der Waals surface area contributed by atoms with E-state index in [0.29, 0.717) is 12.1 Å². The molecule has 4 aromatic rings. The molecule has 0 spiro atoms. The van der Waals surface area contributed by atoms with Crippen LogP contribution in [-0.2, 0) is 13.6 Å². The lowest BCUT2D eigenvalue weighted by molar-refractivity contribution is 0.0787. The summed E-state index contributed by atoms with van der Waals surface area (Å²) in [6, 6.07) is 13.7. The zero-order valence-corrected chi connectivity index (χ0v) is 15.4. The standard InChI is InChI=1S/C20H18N4OS/c1-23(12-14-11-21-24(2)13-14)20(25)16-10-18(19-8-5-9-26-19)22-17-7-4-3-6-15(16)17/h3-11,13H,12H2,1-2H3. The normalized spacial score (nSPS) is 11.0. The number of hydrogen-bond acceptors (Lipinski definition) is 4. The Kier molecular flexibility index (Phi) is 4.26. The summed E-state index contributed by atoms with van der Waals surface area (Å²) < 4.78 is 1.74. The fourth-order valence-electron chi connectivity index (χ4n) is 3.01. The fraction of sp³-hybridized carbons (Fsp3) is 0.150. The van der Waals surface area contributed by atoms with E-state index in [-0.39, 0.29) is 5.91 Å². The average Bonchev–Trinajstić information content (AvgIpc) is 3.32. The third-order valence-electron chi connectivity index (χ3n) is 4.25. The minimum absolute atomic E-state index is 0.0229. The molecule has 26 heavy (non-hydrogen) atoms. The van der Waals surface area contributed by atoms with Gasteiger partial charge in [0.05, 0.1) is 27.8 Å². The van der Waals surface area contributed by atoms with E-state index in [2.05, 4.69) is 5.10 Å². The van der Waals surface area contributed by atoms with Crippen LogP contribution < -0.4 is 0 Å². The molecule has 1 amide bonds. The quantitative estimate of drug-likeness (QED) is 0.552. The summed E-state index contributed by atoms with van der Waals surface area (Å²) >= 11 is 1.62. The van der Waals surface area contributed by atoms with Gasteiger partial charge in [0.15, 0.2) is 0 Å². The van der Waals surface area contributed by atoms with Gasteiger partial charge in [0, 0.05) is 37.8 Å². The van der Waals surface area contributed by atoms with Gasteiger partial charge in [-0.1, -0.05) is 24.3 Å². The molecule has 4 rings (SSSR count). The predicted molar refractivity (Wildman–Crippen MR) is 104 cm³/mol. The Bertz CT molecular complexity index is 1070. The summed E-state index contributed by atoms with van der Waals surface area (Å²) in [5, 5.41) is 7.06. The number of aromatic nitrogens is 3. The summed E-state index contributed by atoms with van der Waals surface area (Å²) in [6.07, 6.45) is 3.71. The topological polar surface area (TPSA) is 51.0 Å². The highest BCUT2D eigenvalue weighted by molar-refractivity contribution is 7.13. The van der Waals surface area contributed by atoms with Crippen molar-refractivity contribution in [3.8, 4) is 10.6 Å². The molecule has 0 aliphatic rings. The molecule has 130 valence electrons. The molecule has 0 aliphatic carbocycles. The minimum Gasteiger partial charge on any atom is -0.337 e. The third-order valence-corrected chi connectivity index (χ3v) is 5.14. The largest absolute Gasteiger partial charge is 0.337 e. The van der Waals surface area contributed by atoms with Gasteiger partial charge in [0.25, 0.3) is 5.91 Å². The van der Waals surface area contributed by atoms with Crippen LogP contribution in [0, 0.1) is 0 Å². The summed E-state index contributed by atoms with van der Waals surface area (Å²) in [7, 11) is 3.68. The molecule has 1 aromatic carbocycles. The lowest BCUT2D eigenvalue weighted by atomic mass is 10.1. The number of pyridine rings is 1. The molecule has 0 atom stereocenters. The zero-order valence-electron chi connectivity index (χ0n) is 14.6. The molecule has 0 unspecified atom stereocenters. The number of rotatable bonds is 4. The van der Waals surface area contributed by atoms with E-state index >= 15 is 0 Å². The van der Waals surface area contributed by atoms with Crippen molar-refractivity contribution in [3.05, 3.63) is 71.4 Å². The van der Waals surface area contributed by atoms with Crippen LogP contribution in [0.3, 0.4) is 0 Å². The number of para-hydroxylation sites is 1. The molecule has 5 nitrogen and oxygen atoms in total. The van der Waals surface area contributed by atoms with Gasteiger partial charge in [-0.25, -0.2) is 4.98 Å². The number of thiophene rings is 1. The molecular formula is C20H18N4OS. The Balaban J connectivity index is 1.75.